The fourth-order valence-electron chi connectivity index (χ4n) is 6.03. The first kappa shape index (κ1) is 27.8. The molecule has 6 rings (SSSR count). The van der Waals surface area contributed by atoms with Crippen molar-refractivity contribution >= 4 is 0 Å². The quantitative estimate of drug-likeness (QED) is 0.249. The van der Waals surface area contributed by atoms with E-state index in [0.717, 1.165) is 22.3 Å². The Morgan fingerprint density at radius 2 is 1.15 bits per heavy atom. The lowest BCUT2D eigenvalue weighted by Crippen LogP contribution is -2.52. The molecule has 0 bridgehead atoms. The molecule has 6 heteroatoms. The molecule has 0 spiro atoms. The van der Waals surface area contributed by atoms with Crippen molar-refractivity contribution in [1.29, 1.82) is 0 Å². The smallest absolute Gasteiger partial charge is 0.123 e. The Hall–Kier alpha value is -3.36. The number of aliphatic hydroxyl groups is 1. The van der Waals surface area contributed by atoms with Gasteiger partial charge < -0.3 is 19.3 Å². The Labute approximate surface area is 242 Å². The number of hydrogen-bond acceptors (Lipinski definition) is 6. The van der Waals surface area contributed by atoms with Gasteiger partial charge >= 0.3 is 0 Å². The number of hydrogen-bond donors (Lipinski definition) is 1. The number of rotatable bonds is 12. The van der Waals surface area contributed by atoms with Crippen molar-refractivity contribution in [2.75, 3.05) is 13.2 Å². The summed E-state index contributed by atoms with van der Waals surface area (Å²) in [5.74, 6) is -0.261. The molecule has 0 radical (unpaired) electrons. The number of nitrogens with zero attached hydrogens (tertiary/aromatic N) is 1. The molecule has 212 valence electrons. The maximum absolute atomic E-state index is 12.5. The summed E-state index contributed by atoms with van der Waals surface area (Å²) in [5, 5.41) is 14.5. The second-order valence-corrected chi connectivity index (χ2v) is 10.9. The van der Waals surface area contributed by atoms with E-state index in [4.69, 9.17) is 19.0 Å². The highest BCUT2D eigenvalue weighted by Crippen LogP contribution is 2.47. The summed E-state index contributed by atoms with van der Waals surface area (Å²) < 4.78 is 19.5. The van der Waals surface area contributed by atoms with E-state index in [9.17, 15) is 5.11 Å². The predicted molar refractivity (Wildman–Crippen MR) is 156 cm³/mol. The van der Waals surface area contributed by atoms with E-state index in [2.05, 4.69) is 12.1 Å². The monoisotopic (exact) mass is 551 g/mol. The molecule has 1 N–H and O–H groups in total. The van der Waals surface area contributed by atoms with Gasteiger partial charge in [-0.2, -0.15) is 5.06 Å². The first-order valence-corrected chi connectivity index (χ1v) is 14.3. The molecule has 1 aliphatic heterocycles. The molecule has 2 aliphatic rings. The molecule has 1 saturated heterocycles. The zero-order valence-electron chi connectivity index (χ0n) is 23.1. The summed E-state index contributed by atoms with van der Waals surface area (Å²) in [6.45, 7) is 2.21. The molecular formula is C35H37NO5. The highest BCUT2D eigenvalue weighted by atomic mass is 16.7. The molecule has 1 aliphatic carbocycles. The van der Waals surface area contributed by atoms with Crippen LogP contribution >= 0.6 is 0 Å². The summed E-state index contributed by atoms with van der Waals surface area (Å²) in [4.78, 5) is 6.26. The summed E-state index contributed by atoms with van der Waals surface area (Å²) in [6, 6.07) is 40.2. The summed E-state index contributed by atoms with van der Waals surface area (Å²) >= 11 is 0. The molecule has 1 saturated carbocycles. The van der Waals surface area contributed by atoms with Gasteiger partial charge in [-0.25, -0.2) is 0 Å². The largest absolute Gasteiger partial charge is 0.384 e. The highest BCUT2D eigenvalue weighted by molar-refractivity contribution is 5.20. The lowest BCUT2D eigenvalue weighted by molar-refractivity contribution is -0.213. The Bertz CT molecular complexity index is 1340. The first-order chi connectivity index (χ1) is 20.2. The third-order valence-electron chi connectivity index (χ3n) is 8.12. The molecule has 1 heterocycles. The molecule has 0 aromatic heterocycles. The standard InChI is InChI=1S/C35H37NO5/c37-35(26-38-22-28-15-7-2-8-16-28)31-25-41-36(21-27-13-5-1-6-14-27)32(31)33(39-23-29-17-9-3-10-18-29)34(35)40-24-30-19-11-4-12-20-30/h1-20,31-34,37H,21-26H2/t31-,32+,33+,34-,35-/m1/s1. The van der Waals surface area contributed by atoms with E-state index >= 15 is 0 Å². The summed E-state index contributed by atoms with van der Waals surface area (Å²) in [7, 11) is 0. The van der Waals surface area contributed by atoms with Crippen molar-refractivity contribution in [3.8, 4) is 0 Å². The molecule has 6 nitrogen and oxygen atoms in total. The highest BCUT2D eigenvalue weighted by Gasteiger charge is 2.65. The van der Waals surface area contributed by atoms with Crippen LogP contribution in [-0.4, -0.2) is 47.2 Å². The van der Waals surface area contributed by atoms with Crippen LogP contribution in [0.2, 0.25) is 0 Å². The lowest BCUT2D eigenvalue weighted by atomic mass is 9.89. The molecular weight excluding hydrogens is 514 g/mol. The first-order valence-electron chi connectivity index (χ1n) is 14.3. The van der Waals surface area contributed by atoms with Crippen LogP contribution in [0.4, 0.5) is 0 Å². The topological polar surface area (TPSA) is 60.4 Å². The van der Waals surface area contributed by atoms with Gasteiger partial charge in [0.25, 0.3) is 0 Å². The van der Waals surface area contributed by atoms with Crippen LogP contribution in [-0.2, 0) is 45.4 Å². The average molecular weight is 552 g/mol. The van der Waals surface area contributed by atoms with Gasteiger partial charge in [0, 0.05) is 12.5 Å². The fraction of sp³-hybridized carbons (Fsp3) is 0.314. The third-order valence-corrected chi connectivity index (χ3v) is 8.12. The van der Waals surface area contributed by atoms with Crippen molar-refractivity contribution in [3.63, 3.8) is 0 Å². The van der Waals surface area contributed by atoms with Crippen LogP contribution in [0.1, 0.15) is 22.3 Å². The Kier molecular flexibility index (Phi) is 8.87. The number of hydroxylamine groups is 2. The van der Waals surface area contributed by atoms with Crippen molar-refractivity contribution in [2.24, 2.45) is 5.92 Å². The maximum Gasteiger partial charge on any atom is 0.123 e. The molecule has 2 fully saturated rings. The Balaban J connectivity index is 1.29. The zero-order chi connectivity index (χ0) is 27.9. The minimum atomic E-state index is -1.32. The van der Waals surface area contributed by atoms with Gasteiger partial charge in [0.2, 0.25) is 0 Å². The van der Waals surface area contributed by atoms with Gasteiger partial charge in [0.05, 0.1) is 39.1 Å². The number of fused-ring (bicyclic) bond motifs is 1. The van der Waals surface area contributed by atoms with Crippen LogP contribution in [0, 0.1) is 5.92 Å². The van der Waals surface area contributed by atoms with Gasteiger partial charge in [0.1, 0.15) is 17.8 Å². The van der Waals surface area contributed by atoms with E-state index in [1.165, 1.54) is 0 Å². The SMILES string of the molecule is O[C@]1(COCc2ccccc2)[C@@H]2CON(Cc3ccccc3)[C@@H]2[C@H](OCc2ccccc2)[C@H]1OCc1ccccc1. The lowest BCUT2D eigenvalue weighted by Gasteiger charge is -2.35. The van der Waals surface area contributed by atoms with Crippen molar-refractivity contribution in [2.45, 2.75) is 50.2 Å². The molecule has 4 aromatic carbocycles. The van der Waals surface area contributed by atoms with Crippen molar-refractivity contribution in [1.82, 2.24) is 5.06 Å². The number of ether oxygens (including phenoxy) is 3. The Morgan fingerprint density at radius 1 is 0.659 bits per heavy atom. The Morgan fingerprint density at radius 3 is 1.71 bits per heavy atom. The van der Waals surface area contributed by atoms with E-state index in [1.54, 1.807) is 0 Å². The minimum absolute atomic E-state index is 0.107. The van der Waals surface area contributed by atoms with Crippen LogP contribution in [0.25, 0.3) is 0 Å². The van der Waals surface area contributed by atoms with Crippen LogP contribution in [0.15, 0.2) is 121 Å². The van der Waals surface area contributed by atoms with E-state index in [1.807, 2.05) is 114 Å². The fourth-order valence-corrected chi connectivity index (χ4v) is 6.03. The predicted octanol–water partition coefficient (Wildman–Crippen LogP) is 5.55. The van der Waals surface area contributed by atoms with Crippen LogP contribution in [0.5, 0.6) is 0 Å². The van der Waals surface area contributed by atoms with E-state index in [0.29, 0.717) is 33.0 Å². The van der Waals surface area contributed by atoms with Gasteiger partial charge in [-0.1, -0.05) is 121 Å². The van der Waals surface area contributed by atoms with Gasteiger partial charge in [-0.15, -0.1) is 0 Å². The van der Waals surface area contributed by atoms with E-state index in [-0.39, 0.29) is 18.6 Å². The second-order valence-electron chi connectivity index (χ2n) is 10.9. The van der Waals surface area contributed by atoms with E-state index < -0.39 is 17.8 Å². The van der Waals surface area contributed by atoms with Crippen molar-refractivity contribution < 1.29 is 24.2 Å². The minimum Gasteiger partial charge on any atom is -0.384 e. The summed E-state index contributed by atoms with van der Waals surface area (Å²) in [6.07, 6.45) is -1.07. The van der Waals surface area contributed by atoms with Gasteiger partial charge in [0.15, 0.2) is 0 Å². The zero-order valence-corrected chi connectivity index (χ0v) is 23.1. The molecule has 0 unspecified atom stereocenters. The van der Waals surface area contributed by atoms with Gasteiger partial charge in [-0.3, -0.25) is 4.84 Å². The van der Waals surface area contributed by atoms with Crippen LogP contribution in [0.3, 0.4) is 0 Å². The molecule has 4 aromatic rings. The van der Waals surface area contributed by atoms with Crippen molar-refractivity contribution in [3.05, 3.63) is 144 Å². The maximum atomic E-state index is 12.5. The summed E-state index contributed by atoms with van der Waals surface area (Å²) in [5.41, 5.74) is 2.97. The second kappa shape index (κ2) is 13.1. The average Bonchev–Trinajstić information content (AvgIpc) is 3.54. The van der Waals surface area contributed by atoms with Crippen LogP contribution < -0.4 is 0 Å². The molecule has 5 atom stereocenters. The number of benzene rings is 4. The third kappa shape index (κ3) is 6.44. The normalized spacial score (nSPS) is 25.8. The van der Waals surface area contributed by atoms with Gasteiger partial charge in [-0.05, 0) is 22.3 Å². The molecule has 41 heavy (non-hydrogen) atoms. The molecule has 0 amide bonds.